The summed E-state index contributed by atoms with van der Waals surface area (Å²) in [5.74, 6) is 0. The number of nitro groups is 1. The normalized spacial score (nSPS) is 11.2. The summed E-state index contributed by atoms with van der Waals surface area (Å²) in [6.07, 6.45) is -0.500. The molecule has 4 rings (SSSR count). The van der Waals surface area contributed by atoms with Gasteiger partial charge in [0, 0.05) is 25.2 Å². The van der Waals surface area contributed by atoms with Crippen LogP contribution in [0.15, 0.2) is 66.7 Å². The SMILES string of the molecule is CC(C)(C)OC(=O)Nc1ccccc1NCc1ccc(CNc2nc3ccc([N+](=O)[O-])cc3s2)cc1. The lowest BCUT2D eigenvalue weighted by atomic mass is 10.1. The zero-order valence-electron chi connectivity index (χ0n) is 20.2. The van der Waals surface area contributed by atoms with Crippen LogP contribution >= 0.6 is 11.3 Å². The standard InChI is InChI=1S/C26H27N5O4S/c1-26(2,3)35-25(32)30-21-7-5-4-6-20(21)27-15-17-8-10-18(11-9-17)16-28-24-29-22-13-12-19(31(33)34)14-23(22)36-24/h4-14,27H,15-16H2,1-3H3,(H,28,29)(H,30,32). The maximum absolute atomic E-state index is 12.2. The second-order valence-electron chi connectivity index (χ2n) is 9.12. The molecule has 10 heteroatoms. The molecule has 9 nitrogen and oxygen atoms in total. The van der Waals surface area contributed by atoms with Crippen molar-refractivity contribution >= 4 is 49.8 Å². The number of aromatic nitrogens is 1. The monoisotopic (exact) mass is 505 g/mol. The van der Waals surface area contributed by atoms with E-state index in [1.165, 1.54) is 17.4 Å². The number of thiazole rings is 1. The van der Waals surface area contributed by atoms with E-state index in [0.717, 1.165) is 27.0 Å². The lowest BCUT2D eigenvalue weighted by Crippen LogP contribution is -2.27. The molecule has 0 saturated heterocycles. The molecular weight excluding hydrogens is 478 g/mol. The lowest BCUT2D eigenvalue weighted by molar-refractivity contribution is -0.384. The third-order valence-electron chi connectivity index (χ3n) is 5.10. The Hall–Kier alpha value is -4.18. The number of para-hydroxylation sites is 2. The molecule has 0 atom stereocenters. The van der Waals surface area contributed by atoms with Crippen LogP contribution < -0.4 is 16.0 Å². The summed E-state index contributed by atoms with van der Waals surface area (Å²) in [7, 11) is 0. The van der Waals surface area contributed by atoms with Crippen LogP contribution in [-0.2, 0) is 17.8 Å². The summed E-state index contributed by atoms with van der Waals surface area (Å²) < 4.78 is 6.12. The van der Waals surface area contributed by atoms with Crippen LogP contribution in [0.4, 0.5) is 27.0 Å². The van der Waals surface area contributed by atoms with Gasteiger partial charge in [0.2, 0.25) is 0 Å². The quantitative estimate of drug-likeness (QED) is 0.178. The molecule has 0 bridgehead atoms. The Morgan fingerprint density at radius 2 is 1.61 bits per heavy atom. The van der Waals surface area contributed by atoms with Gasteiger partial charge in [-0.1, -0.05) is 47.7 Å². The van der Waals surface area contributed by atoms with Gasteiger partial charge >= 0.3 is 6.09 Å². The minimum Gasteiger partial charge on any atom is -0.444 e. The molecule has 0 aliphatic rings. The third kappa shape index (κ3) is 6.70. The number of hydrogen-bond donors (Lipinski definition) is 3. The van der Waals surface area contributed by atoms with Gasteiger partial charge in [0.15, 0.2) is 5.13 Å². The Bertz CT molecular complexity index is 1380. The van der Waals surface area contributed by atoms with Crippen LogP contribution in [0.3, 0.4) is 0 Å². The fourth-order valence-electron chi connectivity index (χ4n) is 3.41. The molecule has 0 radical (unpaired) electrons. The van der Waals surface area contributed by atoms with Crippen molar-refractivity contribution < 1.29 is 14.5 Å². The van der Waals surface area contributed by atoms with E-state index >= 15 is 0 Å². The predicted octanol–water partition coefficient (Wildman–Crippen LogP) is 6.78. The maximum Gasteiger partial charge on any atom is 0.412 e. The highest BCUT2D eigenvalue weighted by molar-refractivity contribution is 7.22. The Morgan fingerprint density at radius 3 is 2.25 bits per heavy atom. The zero-order chi connectivity index (χ0) is 25.7. The Balaban J connectivity index is 1.32. The van der Waals surface area contributed by atoms with Gasteiger partial charge in [-0.3, -0.25) is 15.4 Å². The van der Waals surface area contributed by atoms with Crippen LogP contribution in [0.5, 0.6) is 0 Å². The second-order valence-corrected chi connectivity index (χ2v) is 10.2. The highest BCUT2D eigenvalue weighted by Gasteiger charge is 2.17. The molecule has 3 N–H and O–H groups in total. The Labute approximate surface area is 212 Å². The number of hydrogen-bond acceptors (Lipinski definition) is 8. The van der Waals surface area contributed by atoms with Crippen molar-refractivity contribution in [1.29, 1.82) is 0 Å². The second kappa shape index (κ2) is 10.6. The Kier molecular flexibility index (Phi) is 7.35. The maximum atomic E-state index is 12.2. The molecule has 0 aliphatic heterocycles. The number of nitrogens with one attached hydrogen (secondary N) is 3. The van der Waals surface area contributed by atoms with Crippen LogP contribution in [0.1, 0.15) is 31.9 Å². The summed E-state index contributed by atoms with van der Waals surface area (Å²) in [5.41, 5.74) is 3.82. The first-order valence-corrected chi connectivity index (χ1v) is 12.2. The van der Waals surface area contributed by atoms with Crippen molar-refractivity contribution in [2.75, 3.05) is 16.0 Å². The fraction of sp³-hybridized carbons (Fsp3) is 0.231. The smallest absolute Gasteiger partial charge is 0.412 e. The predicted molar refractivity (Wildman–Crippen MR) is 144 cm³/mol. The van der Waals surface area contributed by atoms with E-state index in [2.05, 4.69) is 20.9 Å². The van der Waals surface area contributed by atoms with E-state index in [4.69, 9.17) is 4.74 Å². The summed E-state index contributed by atoms with van der Waals surface area (Å²) in [4.78, 5) is 27.2. The number of ether oxygens (including phenoxy) is 1. The molecule has 186 valence electrons. The van der Waals surface area contributed by atoms with Gasteiger partial charge in [-0.05, 0) is 50.1 Å². The van der Waals surface area contributed by atoms with E-state index in [1.807, 2.05) is 69.3 Å². The number of non-ortho nitro benzene ring substituents is 1. The molecule has 4 aromatic rings. The van der Waals surface area contributed by atoms with Crippen molar-refractivity contribution in [2.45, 2.75) is 39.5 Å². The molecule has 1 amide bonds. The number of nitrogens with zero attached hydrogens (tertiary/aromatic N) is 2. The Morgan fingerprint density at radius 1 is 0.972 bits per heavy atom. The molecule has 3 aromatic carbocycles. The molecule has 0 spiro atoms. The molecule has 0 saturated carbocycles. The largest absolute Gasteiger partial charge is 0.444 e. The third-order valence-corrected chi connectivity index (χ3v) is 6.07. The van der Waals surface area contributed by atoms with Crippen LogP contribution in [0.2, 0.25) is 0 Å². The first-order valence-electron chi connectivity index (χ1n) is 11.4. The van der Waals surface area contributed by atoms with Gasteiger partial charge in [0.1, 0.15) is 5.60 Å². The van der Waals surface area contributed by atoms with Gasteiger partial charge in [-0.25, -0.2) is 9.78 Å². The van der Waals surface area contributed by atoms with E-state index in [-0.39, 0.29) is 5.69 Å². The van der Waals surface area contributed by atoms with E-state index in [9.17, 15) is 14.9 Å². The number of amides is 1. The van der Waals surface area contributed by atoms with Gasteiger partial charge in [0.25, 0.3) is 5.69 Å². The van der Waals surface area contributed by atoms with Crippen LogP contribution in [-0.4, -0.2) is 21.6 Å². The summed E-state index contributed by atoms with van der Waals surface area (Å²) in [5, 5.41) is 21.1. The van der Waals surface area contributed by atoms with Gasteiger partial charge < -0.3 is 15.4 Å². The minimum absolute atomic E-state index is 0.0603. The molecule has 0 unspecified atom stereocenters. The average Bonchev–Trinajstić information content (AvgIpc) is 3.24. The minimum atomic E-state index is -0.573. The summed E-state index contributed by atoms with van der Waals surface area (Å²) >= 11 is 1.39. The van der Waals surface area contributed by atoms with Crippen molar-refractivity contribution in [2.24, 2.45) is 0 Å². The van der Waals surface area contributed by atoms with Crippen molar-refractivity contribution in [3.05, 3.63) is 88.0 Å². The first-order chi connectivity index (χ1) is 17.2. The summed E-state index contributed by atoms with van der Waals surface area (Å²) in [6.45, 7) is 6.63. The van der Waals surface area contributed by atoms with Crippen LogP contribution in [0, 0.1) is 10.1 Å². The number of nitro benzene ring substituents is 1. The van der Waals surface area contributed by atoms with E-state index < -0.39 is 16.6 Å². The highest BCUT2D eigenvalue weighted by Crippen LogP contribution is 2.29. The lowest BCUT2D eigenvalue weighted by Gasteiger charge is -2.20. The number of carbonyl (C=O) groups is 1. The van der Waals surface area contributed by atoms with Crippen molar-refractivity contribution in [3.8, 4) is 0 Å². The first kappa shape index (κ1) is 24.9. The molecule has 1 heterocycles. The fourth-order valence-corrected chi connectivity index (χ4v) is 4.31. The topological polar surface area (TPSA) is 118 Å². The van der Waals surface area contributed by atoms with E-state index in [1.54, 1.807) is 12.1 Å². The number of rotatable bonds is 8. The van der Waals surface area contributed by atoms with Crippen LogP contribution in [0.25, 0.3) is 10.2 Å². The molecule has 0 aliphatic carbocycles. The number of benzene rings is 3. The number of carbonyl (C=O) groups excluding carboxylic acids is 1. The van der Waals surface area contributed by atoms with Gasteiger partial charge in [-0.2, -0.15) is 0 Å². The highest BCUT2D eigenvalue weighted by atomic mass is 32.1. The number of anilines is 3. The summed E-state index contributed by atoms with van der Waals surface area (Å²) in [6, 6.07) is 20.3. The number of fused-ring (bicyclic) bond motifs is 1. The van der Waals surface area contributed by atoms with Gasteiger partial charge in [-0.15, -0.1) is 0 Å². The van der Waals surface area contributed by atoms with Gasteiger partial charge in [0.05, 0.1) is 26.5 Å². The molecule has 0 fully saturated rings. The van der Waals surface area contributed by atoms with Crippen molar-refractivity contribution in [1.82, 2.24) is 4.98 Å². The molecule has 1 aromatic heterocycles. The van der Waals surface area contributed by atoms with Crippen molar-refractivity contribution in [3.63, 3.8) is 0 Å². The zero-order valence-corrected chi connectivity index (χ0v) is 21.0. The van der Waals surface area contributed by atoms with E-state index in [0.29, 0.717) is 23.9 Å². The molecule has 36 heavy (non-hydrogen) atoms. The molecular formula is C26H27N5O4S. The average molecular weight is 506 g/mol.